The molecule has 0 saturated heterocycles. The molecule has 0 fully saturated rings. The molecule has 1 atom stereocenters. The second kappa shape index (κ2) is 18.2. The summed E-state index contributed by atoms with van der Waals surface area (Å²) in [6, 6.07) is 36.4. The number of rotatable bonds is 14. The van der Waals surface area contributed by atoms with Crippen molar-refractivity contribution in [2.75, 3.05) is 6.54 Å². The molecule has 0 bridgehead atoms. The van der Waals surface area contributed by atoms with Crippen molar-refractivity contribution in [3.05, 3.63) is 156 Å². The van der Waals surface area contributed by atoms with Gasteiger partial charge < -0.3 is 26.8 Å². The summed E-state index contributed by atoms with van der Waals surface area (Å²) in [5, 5.41) is 23.3. The number of hydrogen-bond donors (Lipinski definition) is 5. The van der Waals surface area contributed by atoms with Crippen molar-refractivity contribution in [3.63, 3.8) is 0 Å². The van der Waals surface area contributed by atoms with Crippen LogP contribution in [0.2, 0.25) is 0 Å². The van der Waals surface area contributed by atoms with E-state index in [9.17, 15) is 14.7 Å². The molecule has 49 heavy (non-hydrogen) atoms. The van der Waals surface area contributed by atoms with Gasteiger partial charge in [-0.15, -0.1) is 0 Å². The molecule has 2 aromatic heterocycles. The Labute approximate surface area is 286 Å². The van der Waals surface area contributed by atoms with Crippen molar-refractivity contribution in [1.29, 1.82) is 0 Å². The minimum absolute atomic E-state index is 0.323. The van der Waals surface area contributed by atoms with Gasteiger partial charge in [-0.3, -0.25) is 14.8 Å². The van der Waals surface area contributed by atoms with Crippen molar-refractivity contribution >= 4 is 33.4 Å². The fourth-order valence-corrected chi connectivity index (χ4v) is 5.66. The molecule has 2 heterocycles. The van der Waals surface area contributed by atoms with Crippen LogP contribution in [0, 0.1) is 0 Å². The van der Waals surface area contributed by atoms with Gasteiger partial charge >= 0.3 is 5.97 Å². The molecule has 9 nitrogen and oxygen atoms in total. The highest BCUT2D eigenvalue weighted by molar-refractivity contribution is 6.08. The highest BCUT2D eigenvalue weighted by Crippen LogP contribution is 2.23. The van der Waals surface area contributed by atoms with Gasteiger partial charge in [0, 0.05) is 44.1 Å². The lowest BCUT2D eigenvalue weighted by Crippen LogP contribution is -2.41. The Morgan fingerprint density at radius 3 is 1.96 bits per heavy atom. The number of benzene rings is 4. The zero-order chi connectivity index (χ0) is 34.3. The molecule has 6 aromatic rings. The van der Waals surface area contributed by atoms with E-state index in [4.69, 9.17) is 5.73 Å². The summed E-state index contributed by atoms with van der Waals surface area (Å²) in [7, 11) is 0. The molecule has 4 aromatic carbocycles. The summed E-state index contributed by atoms with van der Waals surface area (Å²) in [6.07, 6.45) is 4.43. The van der Waals surface area contributed by atoms with E-state index in [2.05, 4.69) is 50.2 Å². The van der Waals surface area contributed by atoms with E-state index in [0.717, 1.165) is 27.7 Å². The molecule has 6 N–H and O–H groups in total. The Morgan fingerprint density at radius 1 is 0.653 bits per heavy atom. The smallest absolute Gasteiger partial charge is 0.326 e. The van der Waals surface area contributed by atoms with Gasteiger partial charge in [0.25, 0.3) is 5.91 Å². The molecule has 0 aliphatic heterocycles. The van der Waals surface area contributed by atoms with E-state index in [1.165, 1.54) is 16.3 Å². The standard InChI is InChI=1S/C29H31N5O3.C11H11N/c35-28(34-27(29(36)37)12-7-15-30-19-22-8-3-5-16-32-22)26-14-13-21(24-10-1-2-11-25(24)26)18-31-20-23-9-4-6-17-33-23;12-8-10-6-3-5-9-4-1-2-7-11(9)10/h1-6,8-11,13-14,16-17,27,30-31H,7,12,15,18-20H2,(H,34,35)(H,36,37);1-7H,8,12H2/t27-;/m0./s1. The average Bonchev–Trinajstić information content (AvgIpc) is 3.15. The Balaban J connectivity index is 0.000000325. The molecule has 9 heteroatoms. The van der Waals surface area contributed by atoms with Crippen LogP contribution in [-0.4, -0.2) is 39.5 Å². The monoisotopic (exact) mass is 654 g/mol. The van der Waals surface area contributed by atoms with Crippen molar-refractivity contribution in [2.24, 2.45) is 5.73 Å². The third-order valence-corrected chi connectivity index (χ3v) is 8.19. The number of aliphatic carboxylic acids is 1. The molecule has 0 radical (unpaired) electrons. The van der Waals surface area contributed by atoms with E-state index in [0.29, 0.717) is 51.1 Å². The van der Waals surface area contributed by atoms with Crippen molar-refractivity contribution < 1.29 is 14.7 Å². The summed E-state index contributed by atoms with van der Waals surface area (Å²) in [6.45, 7) is 3.09. The van der Waals surface area contributed by atoms with Crippen LogP contribution in [-0.2, 0) is 31.0 Å². The predicted molar refractivity (Wildman–Crippen MR) is 195 cm³/mol. The summed E-state index contributed by atoms with van der Waals surface area (Å²) >= 11 is 0. The first-order valence-electron chi connectivity index (χ1n) is 16.5. The largest absolute Gasteiger partial charge is 0.480 e. The first-order chi connectivity index (χ1) is 24.0. The Morgan fingerprint density at radius 2 is 1.29 bits per heavy atom. The normalized spacial score (nSPS) is 11.4. The Kier molecular flexibility index (Phi) is 12.9. The van der Waals surface area contributed by atoms with Gasteiger partial charge in [-0.2, -0.15) is 0 Å². The topological polar surface area (TPSA) is 142 Å². The lowest BCUT2D eigenvalue weighted by molar-refractivity contribution is -0.139. The molecule has 1 amide bonds. The molecule has 0 unspecified atom stereocenters. The number of nitrogens with two attached hydrogens (primary N) is 1. The van der Waals surface area contributed by atoms with Crippen LogP contribution >= 0.6 is 0 Å². The highest BCUT2D eigenvalue weighted by atomic mass is 16.4. The molecule has 6 rings (SSSR count). The maximum atomic E-state index is 13.1. The number of aromatic nitrogens is 2. The van der Waals surface area contributed by atoms with Gasteiger partial charge in [0.2, 0.25) is 0 Å². The lowest BCUT2D eigenvalue weighted by atomic mass is 9.98. The van der Waals surface area contributed by atoms with Crippen LogP contribution in [0.5, 0.6) is 0 Å². The van der Waals surface area contributed by atoms with Crippen LogP contribution in [0.1, 0.15) is 45.7 Å². The van der Waals surface area contributed by atoms with E-state index < -0.39 is 17.9 Å². The zero-order valence-electron chi connectivity index (χ0n) is 27.4. The quantitative estimate of drug-likeness (QED) is 0.0905. The minimum Gasteiger partial charge on any atom is -0.480 e. The van der Waals surface area contributed by atoms with Crippen LogP contribution in [0.4, 0.5) is 0 Å². The maximum absolute atomic E-state index is 13.1. The number of carboxylic acids is 1. The highest BCUT2D eigenvalue weighted by Gasteiger charge is 2.21. The van der Waals surface area contributed by atoms with E-state index >= 15 is 0 Å². The van der Waals surface area contributed by atoms with Crippen LogP contribution in [0.25, 0.3) is 21.5 Å². The maximum Gasteiger partial charge on any atom is 0.326 e. The van der Waals surface area contributed by atoms with Crippen molar-refractivity contribution in [3.8, 4) is 0 Å². The number of carboxylic acid groups (broad SMARTS) is 1. The van der Waals surface area contributed by atoms with Crippen LogP contribution in [0.15, 0.2) is 128 Å². The fraction of sp³-hybridized carbons (Fsp3) is 0.200. The number of pyridine rings is 2. The second-order valence-corrected chi connectivity index (χ2v) is 11.6. The molecular weight excluding hydrogens is 612 g/mol. The number of carbonyl (C=O) groups excluding carboxylic acids is 1. The first-order valence-corrected chi connectivity index (χ1v) is 16.5. The fourth-order valence-electron chi connectivity index (χ4n) is 5.66. The molecule has 0 saturated carbocycles. The summed E-state index contributed by atoms with van der Waals surface area (Å²) in [5.41, 5.74) is 10.2. The van der Waals surface area contributed by atoms with Crippen molar-refractivity contribution in [2.45, 2.75) is 45.1 Å². The number of amides is 1. The van der Waals surface area contributed by atoms with Gasteiger partial charge in [0.15, 0.2) is 0 Å². The number of hydrogen-bond acceptors (Lipinski definition) is 7. The van der Waals surface area contributed by atoms with E-state index in [1.54, 1.807) is 18.5 Å². The Bertz CT molecular complexity index is 1950. The van der Waals surface area contributed by atoms with E-state index in [-0.39, 0.29) is 0 Å². The number of nitrogens with zero attached hydrogens (tertiary/aromatic N) is 2. The van der Waals surface area contributed by atoms with Gasteiger partial charge in [-0.25, -0.2) is 4.79 Å². The number of nitrogens with one attached hydrogen (secondary N) is 3. The summed E-state index contributed by atoms with van der Waals surface area (Å²) in [5.74, 6) is -1.43. The summed E-state index contributed by atoms with van der Waals surface area (Å²) in [4.78, 5) is 33.6. The third kappa shape index (κ3) is 10.0. The number of fused-ring (bicyclic) bond motifs is 2. The second-order valence-electron chi connectivity index (χ2n) is 11.6. The summed E-state index contributed by atoms with van der Waals surface area (Å²) < 4.78 is 0. The molecule has 0 aliphatic carbocycles. The van der Waals surface area contributed by atoms with Gasteiger partial charge in [-0.05, 0) is 82.4 Å². The zero-order valence-corrected chi connectivity index (χ0v) is 27.4. The molecule has 0 aliphatic rings. The average molecular weight is 655 g/mol. The SMILES string of the molecule is NCc1cccc2ccccc12.O=C(N[C@@H](CCCNCc1ccccn1)C(=O)O)c1ccc(CNCc2ccccn2)c2ccccc12. The van der Waals surface area contributed by atoms with Crippen LogP contribution in [0.3, 0.4) is 0 Å². The Hall–Kier alpha value is -5.48. The molecular formula is C40H42N6O3. The molecule has 250 valence electrons. The molecule has 0 spiro atoms. The third-order valence-electron chi connectivity index (χ3n) is 8.19. The first kappa shape index (κ1) is 34.8. The predicted octanol–water partition coefficient (Wildman–Crippen LogP) is 5.97. The lowest BCUT2D eigenvalue weighted by Gasteiger charge is -2.17. The number of carbonyl (C=O) groups is 2. The van der Waals surface area contributed by atoms with Crippen LogP contribution < -0.4 is 21.7 Å². The van der Waals surface area contributed by atoms with E-state index in [1.807, 2.05) is 84.9 Å². The van der Waals surface area contributed by atoms with Gasteiger partial charge in [-0.1, -0.05) is 84.9 Å². The van der Waals surface area contributed by atoms with Crippen molar-refractivity contribution in [1.82, 2.24) is 25.9 Å². The minimum atomic E-state index is -1.04. The van der Waals surface area contributed by atoms with Gasteiger partial charge in [0.05, 0.1) is 11.4 Å². The van der Waals surface area contributed by atoms with Gasteiger partial charge in [0.1, 0.15) is 6.04 Å².